The molecule has 4 N–H and O–H groups in total. The summed E-state index contributed by atoms with van der Waals surface area (Å²) < 4.78 is 39.3. The minimum Gasteiger partial charge on any atom is -0.399 e. The second-order valence-electron chi connectivity index (χ2n) is 4.21. The summed E-state index contributed by atoms with van der Waals surface area (Å²) in [5, 5.41) is 2.47. The molecular formula is C11H17FN4O3S. The largest absolute Gasteiger partial charge is 0.399 e. The molecule has 0 unspecified atom stereocenters. The third-order valence-corrected chi connectivity index (χ3v) is 3.82. The molecule has 1 aromatic rings. The van der Waals surface area contributed by atoms with Crippen molar-refractivity contribution in [3.63, 3.8) is 0 Å². The number of urea groups is 1. The number of carbonyl (C=O) groups excluding carboxylic acids is 1. The fourth-order valence-corrected chi connectivity index (χ4v) is 2.46. The normalized spacial score (nSPS) is 11.2. The van der Waals surface area contributed by atoms with Gasteiger partial charge in [0.05, 0.1) is 0 Å². The molecule has 1 aromatic carbocycles. The van der Waals surface area contributed by atoms with Gasteiger partial charge in [0.2, 0.25) is 10.0 Å². The van der Waals surface area contributed by atoms with Crippen LogP contribution in [0.15, 0.2) is 23.1 Å². The first kappa shape index (κ1) is 16.2. The van der Waals surface area contributed by atoms with Gasteiger partial charge in [0.15, 0.2) is 0 Å². The zero-order valence-electron chi connectivity index (χ0n) is 11.2. The number of sulfonamides is 1. The number of benzene rings is 1. The molecule has 0 aliphatic carbocycles. The second-order valence-corrected chi connectivity index (χ2v) is 5.95. The average molecular weight is 304 g/mol. The summed E-state index contributed by atoms with van der Waals surface area (Å²) in [5.41, 5.74) is 5.58. The molecule has 2 amide bonds. The monoisotopic (exact) mass is 304 g/mol. The van der Waals surface area contributed by atoms with Gasteiger partial charge in [-0.3, -0.25) is 0 Å². The number of nitrogen functional groups attached to an aromatic ring is 1. The van der Waals surface area contributed by atoms with E-state index in [1.165, 1.54) is 11.0 Å². The van der Waals surface area contributed by atoms with Crippen LogP contribution < -0.4 is 15.8 Å². The average Bonchev–Trinajstić information content (AvgIpc) is 2.37. The van der Waals surface area contributed by atoms with E-state index in [0.717, 1.165) is 12.1 Å². The maximum absolute atomic E-state index is 13.5. The standard InChI is InChI=1S/C11H17FN4O3S/c1-16(2)11(17)14-5-6-15-20(18,19)10-7-8(13)3-4-9(10)12/h3-4,7,15H,5-6,13H2,1-2H3,(H,14,17). The summed E-state index contributed by atoms with van der Waals surface area (Å²) >= 11 is 0. The number of hydrogen-bond acceptors (Lipinski definition) is 4. The highest BCUT2D eigenvalue weighted by atomic mass is 32.2. The molecule has 112 valence electrons. The number of carbonyl (C=O) groups is 1. The van der Waals surface area contributed by atoms with Crippen LogP contribution in [0.1, 0.15) is 0 Å². The van der Waals surface area contributed by atoms with Gasteiger partial charge in [-0.05, 0) is 18.2 Å². The molecule has 7 nitrogen and oxygen atoms in total. The lowest BCUT2D eigenvalue weighted by atomic mass is 10.3. The third kappa shape index (κ3) is 4.35. The van der Waals surface area contributed by atoms with E-state index in [0.29, 0.717) is 0 Å². The minimum absolute atomic E-state index is 0.0594. The summed E-state index contributed by atoms with van der Waals surface area (Å²) in [6, 6.07) is 2.94. The van der Waals surface area contributed by atoms with Crippen molar-refractivity contribution in [2.75, 3.05) is 32.9 Å². The molecule has 0 saturated heterocycles. The summed E-state index contributed by atoms with van der Waals surface area (Å²) in [6.07, 6.45) is 0. The minimum atomic E-state index is -4.00. The lowest BCUT2D eigenvalue weighted by Crippen LogP contribution is -2.39. The third-order valence-electron chi connectivity index (χ3n) is 2.34. The highest BCUT2D eigenvalue weighted by Crippen LogP contribution is 2.17. The van der Waals surface area contributed by atoms with Gasteiger partial charge in [-0.15, -0.1) is 0 Å². The predicted molar refractivity (Wildman–Crippen MR) is 73.1 cm³/mol. The Bertz CT molecular complexity index is 589. The van der Waals surface area contributed by atoms with E-state index in [2.05, 4.69) is 10.0 Å². The number of amides is 2. The Morgan fingerprint density at radius 3 is 2.60 bits per heavy atom. The maximum Gasteiger partial charge on any atom is 0.316 e. The summed E-state index contributed by atoms with van der Waals surface area (Å²) in [4.78, 5) is 12.0. The SMILES string of the molecule is CN(C)C(=O)NCCNS(=O)(=O)c1cc(N)ccc1F. The highest BCUT2D eigenvalue weighted by Gasteiger charge is 2.18. The zero-order chi connectivity index (χ0) is 15.3. The summed E-state index contributed by atoms with van der Waals surface area (Å²) in [5.74, 6) is -0.885. The Morgan fingerprint density at radius 2 is 2.00 bits per heavy atom. The van der Waals surface area contributed by atoms with Crippen molar-refractivity contribution in [2.24, 2.45) is 0 Å². The van der Waals surface area contributed by atoms with Crippen molar-refractivity contribution in [3.05, 3.63) is 24.0 Å². The van der Waals surface area contributed by atoms with Crippen LogP contribution in [0.3, 0.4) is 0 Å². The van der Waals surface area contributed by atoms with Crippen LogP contribution in [0, 0.1) is 5.82 Å². The van der Waals surface area contributed by atoms with E-state index in [9.17, 15) is 17.6 Å². The molecule has 0 aromatic heterocycles. The van der Waals surface area contributed by atoms with E-state index in [1.54, 1.807) is 14.1 Å². The number of rotatable bonds is 5. The number of nitrogens with zero attached hydrogens (tertiary/aromatic N) is 1. The second kappa shape index (κ2) is 6.53. The van der Waals surface area contributed by atoms with Gasteiger partial charge < -0.3 is 16.0 Å². The molecule has 0 atom stereocenters. The Balaban J connectivity index is 2.63. The van der Waals surface area contributed by atoms with Gasteiger partial charge in [-0.1, -0.05) is 0 Å². The van der Waals surface area contributed by atoms with Crippen LogP contribution in [0.2, 0.25) is 0 Å². The van der Waals surface area contributed by atoms with Crippen molar-refractivity contribution in [1.29, 1.82) is 0 Å². The lowest BCUT2D eigenvalue weighted by Gasteiger charge is -2.12. The van der Waals surface area contributed by atoms with Gasteiger partial charge in [0.25, 0.3) is 0 Å². The zero-order valence-corrected chi connectivity index (χ0v) is 12.0. The molecule has 0 bridgehead atoms. The number of nitrogens with one attached hydrogen (secondary N) is 2. The molecule has 0 fully saturated rings. The van der Waals surface area contributed by atoms with E-state index >= 15 is 0 Å². The first-order valence-corrected chi connectivity index (χ1v) is 7.22. The molecule has 0 aliphatic rings. The molecule has 0 heterocycles. The Labute approximate surface area is 117 Å². The van der Waals surface area contributed by atoms with Crippen molar-refractivity contribution in [2.45, 2.75) is 4.90 Å². The molecular weight excluding hydrogens is 287 g/mol. The van der Waals surface area contributed by atoms with Gasteiger partial charge in [-0.25, -0.2) is 22.3 Å². The quantitative estimate of drug-likeness (QED) is 0.524. The maximum atomic E-state index is 13.5. The Kier molecular flexibility index (Phi) is 5.28. The molecule has 9 heteroatoms. The molecule has 0 radical (unpaired) electrons. The van der Waals surface area contributed by atoms with Gasteiger partial charge >= 0.3 is 6.03 Å². The predicted octanol–water partition coefficient (Wildman–Crippen LogP) is -0.0426. The van der Waals surface area contributed by atoms with Gasteiger partial charge in [0, 0.05) is 32.9 Å². The van der Waals surface area contributed by atoms with Crippen molar-refractivity contribution < 1.29 is 17.6 Å². The van der Waals surface area contributed by atoms with Crippen LogP contribution in [-0.4, -0.2) is 46.5 Å². The molecule has 0 saturated carbocycles. The van der Waals surface area contributed by atoms with Crippen LogP contribution in [0.25, 0.3) is 0 Å². The molecule has 20 heavy (non-hydrogen) atoms. The molecule has 0 aliphatic heterocycles. The van der Waals surface area contributed by atoms with Crippen molar-refractivity contribution in [3.8, 4) is 0 Å². The van der Waals surface area contributed by atoms with Crippen LogP contribution in [0.5, 0.6) is 0 Å². The van der Waals surface area contributed by atoms with Gasteiger partial charge in [-0.2, -0.15) is 0 Å². The van der Waals surface area contributed by atoms with E-state index in [-0.39, 0.29) is 24.8 Å². The fraction of sp³-hybridized carbons (Fsp3) is 0.364. The first-order valence-electron chi connectivity index (χ1n) is 5.74. The number of halogens is 1. The Hall–Kier alpha value is -1.87. The smallest absolute Gasteiger partial charge is 0.316 e. The highest BCUT2D eigenvalue weighted by molar-refractivity contribution is 7.89. The van der Waals surface area contributed by atoms with Crippen molar-refractivity contribution >= 4 is 21.7 Å². The van der Waals surface area contributed by atoms with Crippen molar-refractivity contribution in [1.82, 2.24) is 14.9 Å². The number of nitrogens with two attached hydrogens (primary N) is 1. The molecule has 0 spiro atoms. The number of hydrogen-bond donors (Lipinski definition) is 3. The number of anilines is 1. The topological polar surface area (TPSA) is 105 Å². The summed E-state index contributed by atoms with van der Waals surface area (Å²) in [6.45, 7) is 0.0241. The van der Waals surface area contributed by atoms with Crippen LogP contribution in [-0.2, 0) is 10.0 Å². The van der Waals surface area contributed by atoms with Crippen LogP contribution in [0.4, 0.5) is 14.9 Å². The fourth-order valence-electron chi connectivity index (χ4n) is 1.32. The van der Waals surface area contributed by atoms with E-state index in [4.69, 9.17) is 5.73 Å². The van der Waals surface area contributed by atoms with E-state index in [1.807, 2.05) is 0 Å². The Morgan fingerprint density at radius 1 is 1.35 bits per heavy atom. The van der Waals surface area contributed by atoms with Crippen LogP contribution >= 0.6 is 0 Å². The molecule has 1 rings (SSSR count). The first-order chi connectivity index (χ1) is 9.24. The summed E-state index contributed by atoms with van der Waals surface area (Å²) in [7, 11) is -0.887. The van der Waals surface area contributed by atoms with E-state index < -0.39 is 20.7 Å². The lowest BCUT2D eigenvalue weighted by molar-refractivity contribution is 0.217. The van der Waals surface area contributed by atoms with Gasteiger partial charge in [0.1, 0.15) is 10.7 Å².